The first-order valence-electron chi connectivity index (χ1n) is 10.9. The fraction of sp³-hybridized carbons (Fsp3) is 0.360. The van der Waals surface area contributed by atoms with Gasteiger partial charge in [0, 0.05) is 18.7 Å². The molecule has 2 aliphatic heterocycles. The van der Waals surface area contributed by atoms with Crippen molar-refractivity contribution in [1.82, 2.24) is 4.90 Å². The number of aromatic hydroxyl groups is 1. The van der Waals surface area contributed by atoms with E-state index in [2.05, 4.69) is 0 Å². The number of phenolic OH excluding ortho intramolecular Hbond substituents is 1. The predicted octanol–water partition coefficient (Wildman–Crippen LogP) is 3.40. The molecular formula is C25H27NO7. The summed E-state index contributed by atoms with van der Waals surface area (Å²) in [6.07, 6.45) is 1.49. The maximum Gasteiger partial charge on any atom is 0.295 e. The van der Waals surface area contributed by atoms with Crippen molar-refractivity contribution in [2.75, 3.05) is 26.9 Å². The van der Waals surface area contributed by atoms with E-state index < -0.39 is 17.7 Å². The lowest BCUT2D eigenvalue weighted by atomic mass is 9.94. The summed E-state index contributed by atoms with van der Waals surface area (Å²) in [7, 11) is 1.42. The molecule has 8 heteroatoms. The second-order valence-electron chi connectivity index (χ2n) is 7.98. The SMILES string of the molecule is CCOc1ccc(C(O)=C2C(=O)C(=O)N(CC3CCCO3)C2c2ccc(O)c(OC)c2)cc1. The first kappa shape index (κ1) is 22.7. The van der Waals surface area contributed by atoms with Gasteiger partial charge in [0.05, 0.1) is 31.4 Å². The highest BCUT2D eigenvalue weighted by molar-refractivity contribution is 6.46. The summed E-state index contributed by atoms with van der Waals surface area (Å²) in [6, 6.07) is 10.4. The van der Waals surface area contributed by atoms with E-state index in [1.54, 1.807) is 36.4 Å². The van der Waals surface area contributed by atoms with Gasteiger partial charge in [-0.05, 0) is 61.7 Å². The summed E-state index contributed by atoms with van der Waals surface area (Å²) in [4.78, 5) is 27.6. The molecule has 2 aromatic rings. The van der Waals surface area contributed by atoms with Gasteiger partial charge < -0.3 is 29.3 Å². The molecule has 174 valence electrons. The summed E-state index contributed by atoms with van der Waals surface area (Å²) in [5.41, 5.74) is 0.911. The van der Waals surface area contributed by atoms with Gasteiger partial charge in [-0.1, -0.05) is 6.07 Å². The van der Waals surface area contributed by atoms with Crippen LogP contribution in [0.15, 0.2) is 48.0 Å². The molecule has 0 saturated carbocycles. The molecule has 0 spiro atoms. The van der Waals surface area contributed by atoms with Crippen LogP contribution in [-0.2, 0) is 14.3 Å². The molecular weight excluding hydrogens is 426 g/mol. The number of carbonyl (C=O) groups excluding carboxylic acids is 2. The highest BCUT2D eigenvalue weighted by Gasteiger charge is 2.47. The zero-order chi connectivity index (χ0) is 23.5. The molecule has 0 bridgehead atoms. The Labute approximate surface area is 192 Å². The van der Waals surface area contributed by atoms with Crippen LogP contribution >= 0.6 is 0 Å². The van der Waals surface area contributed by atoms with Crippen LogP contribution in [0.25, 0.3) is 5.76 Å². The van der Waals surface area contributed by atoms with Gasteiger partial charge in [-0.2, -0.15) is 0 Å². The van der Waals surface area contributed by atoms with Gasteiger partial charge in [-0.25, -0.2) is 0 Å². The van der Waals surface area contributed by atoms with Crippen molar-refractivity contribution in [3.8, 4) is 17.2 Å². The quantitative estimate of drug-likeness (QED) is 0.376. The molecule has 33 heavy (non-hydrogen) atoms. The van der Waals surface area contributed by atoms with E-state index in [0.29, 0.717) is 30.1 Å². The molecule has 0 aliphatic carbocycles. The Balaban J connectivity index is 1.81. The Morgan fingerprint density at radius 2 is 1.94 bits per heavy atom. The molecule has 1 amide bonds. The zero-order valence-electron chi connectivity index (χ0n) is 18.6. The number of aliphatic hydroxyl groups is 1. The average molecular weight is 453 g/mol. The molecule has 2 atom stereocenters. The highest BCUT2D eigenvalue weighted by Crippen LogP contribution is 2.42. The lowest BCUT2D eigenvalue weighted by molar-refractivity contribution is -0.140. The van der Waals surface area contributed by atoms with Crippen molar-refractivity contribution in [2.45, 2.75) is 31.9 Å². The van der Waals surface area contributed by atoms with Gasteiger partial charge in [-0.15, -0.1) is 0 Å². The summed E-state index contributed by atoms with van der Waals surface area (Å²) >= 11 is 0. The monoisotopic (exact) mass is 453 g/mol. The van der Waals surface area contributed by atoms with Crippen molar-refractivity contribution >= 4 is 17.4 Å². The van der Waals surface area contributed by atoms with Crippen LogP contribution in [-0.4, -0.2) is 59.8 Å². The Morgan fingerprint density at radius 1 is 1.18 bits per heavy atom. The van der Waals surface area contributed by atoms with Crippen molar-refractivity contribution in [2.24, 2.45) is 0 Å². The molecule has 2 N–H and O–H groups in total. The van der Waals surface area contributed by atoms with E-state index in [1.807, 2.05) is 6.92 Å². The van der Waals surface area contributed by atoms with Crippen molar-refractivity contribution in [3.63, 3.8) is 0 Å². The molecule has 2 fully saturated rings. The minimum Gasteiger partial charge on any atom is -0.507 e. The predicted molar refractivity (Wildman–Crippen MR) is 120 cm³/mol. The minimum atomic E-state index is -0.852. The molecule has 2 aromatic carbocycles. The molecule has 4 rings (SSSR count). The number of amides is 1. The second kappa shape index (κ2) is 9.54. The Morgan fingerprint density at radius 3 is 2.58 bits per heavy atom. The molecule has 0 aromatic heterocycles. The number of rotatable bonds is 7. The number of nitrogens with zero attached hydrogens (tertiary/aromatic N) is 1. The lowest BCUT2D eigenvalue weighted by Gasteiger charge is -2.27. The first-order valence-corrected chi connectivity index (χ1v) is 10.9. The van der Waals surface area contributed by atoms with Gasteiger partial charge >= 0.3 is 0 Å². The second-order valence-corrected chi connectivity index (χ2v) is 7.98. The van der Waals surface area contributed by atoms with E-state index in [4.69, 9.17) is 14.2 Å². The molecule has 2 heterocycles. The number of likely N-dealkylation sites (tertiary alicyclic amines) is 1. The van der Waals surface area contributed by atoms with Crippen molar-refractivity contribution in [3.05, 3.63) is 59.2 Å². The number of Topliss-reactive ketones (excluding diaryl/α,β-unsaturated/α-hetero) is 1. The molecule has 2 aliphatic rings. The van der Waals surface area contributed by atoms with Gasteiger partial charge in [-0.3, -0.25) is 9.59 Å². The maximum absolute atomic E-state index is 13.1. The summed E-state index contributed by atoms with van der Waals surface area (Å²) in [5.74, 6) is -0.970. The van der Waals surface area contributed by atoms with Gasteiger partial charge in [0.2, 0.25) is 0 Å². The van der Waals surface area contributed by atoms with Crippen LogP contribution in [0.1, 0.15) is 36.9 Å². The number of aliphatic hydroxyl groups excluding tert-OH is 1. The number of hydrogen-bond donors (Lipinski definition) is 2. The smallest absolute Gasteiger partial charge is 0.295 e. The molecule has 8 nitrogen and oxygen atoms in total. The van der Waals surface area contributed by atoms with E-state index in [1.165, 1.54) is 18.1 Å². The largest absolute Gasteiger partial charge is 0.507 e. The van der Waals surface area contributed by atoms with Crippen LogP contribution in [0.5, 0.6) is 17.2 Å². The van der Waals surface area contributed by atoms with Crippen LogP contribution < -0.4 is 9.47 Å². The molecule has 0 radical (unpaired) electrons. The third-order valence-corrected chi connectivity index (χ3v) is 5.92. The normalized spacial score (nSPS) is 22.1. The number of ketones is 1. The average Bonchev–Trinajstić information content (AvgIpc) is 3.42. The number of ether oxygens (including phenoxy) is 3. The fourth-order valence-electron chi connectivity index (χ4n) is 4.32. The van der Waals surface area contributed by atoms with Crippen molar-refractivity contribution < 1.29 is 34.0 Å². The summed E-state index contributed by atoms with van der Waals surface area (Å²) in [5, 5.41) is 21.2. The summed E-state index contributed by atoms with van der Waals surface area (Å²) in [6.45, 7) is 3.20. The van der Waals surface area contributed by atoms with E-state index in [0.717, 1.165) is 12.8 Å². The van der Waals surface area contributed by atoms with Gasteiger partial charge in [0.25, 0.3) is 11.7 Å². The number of carbonyl (C=O) groups is 2. The Bertz CT molecular complexity index is 1070. The first-order chi connectivity index (χ1) is 15.9. The fourth-order valence-corrected chi connectivity index (χ4v) is 4.32. The Hall–Kier alpha value is -3.52. The number of phenols is 1. The molecule has 2 saturated heterocycles. The topological polar surface area (TPSA) is 106 Å². The zero-order valence-corrected chi connectivity index (χ0v) is 18.6. The lowest BCUT2D eigenvalue weighted by Crippen LogP contribution is -2.36. The van der Waals surface area contributed by atoms with Gasteiger partial charge in [0.15, 0.2) is 11.5 Å². The highest BCUT2D eigenvalue weighted by atomic mass is 16.5. The van der Waals surface area contributed by atoms with E-state index in [9.17, 15) is 19.8 Å². The van der Waals surface area contributed by atoms with E-state index >= 15 is 0 Å². The van der Waals surface area contributed by atoms with E-state index in [-0.39, 0.29) is 35.5 Å². The number of benzene rings is 2. The number of hydrogen-bond acceptors (Lipinski definition) is 7. The van der Waals surface area contributed by atoms with Gasteiger partial charge in [0.1, 0.15) is 11.5 Å². The molecule has 2 unspecified atom stereocenters. The third-order valence-electron chi connectivity index (χ3n) is 5.92. The van der Waals surface area contributed by atoms with Crippen molar-refractivity contribution in [1.29, 1.82) is 0 Å². The minimum absolute atomic E-state index is 0.0186. The summed E-state index contributed by atoms with van der Waals surface area (Å²) < 4.78 is 16.4. The van der Waals surface area contributed by atoms with Crippen LogP contribution in [0.3, 0.4) is 0 Å². The maximum atomic E-state index is 13.1. The van der Waals surface area contributed by atoms with Crippen LogP contribution in [0.2, 0.25) is 0 Å². The Kier molecular flexibility index (Phi) is 6.55. The third kappa shape index (κ3) is 4.39. The standard InChI is InChI=1S/C25H27NO7/c1-3-32-17-9-6-15(7-10-17)23(28)21-22(16-8-11-19(27)20(13-16)31-2)26(25(30)24(21)29)14-18-5-4-12-33-18/h6-11,13,18,22,27-28H,3-5,12,14H2,1-2H3. The number of methoxy groups -OCH3 is 1. The van der Waals surface area contributed by atoms with Crippen LogP contribution in [0, 0.1) is 0 Å². The van der Waals surface area contributed by atoms with Crippen LogP contribution in [0.4, 0.5) is 0 Å².